The van der Waals surface area contributed by atoms with Gasteiger partial charge in [0.2, 0.25) is 5.88 Å². The van der Waals surface area contributed by atoms with Gasteiger partial charge in [0, 0.05) is 11.6 Å². The predicted molar refractivity (Wildman–Crippen MR) is 105 cm³/mol. The van der Waals surface area contributed by atoms with Crippen molar-refractivity contribution in [1.29, 1.82) is 0 Å². The summed E-state index contributed by atoms with van der Waals surface area (Å²) in [5, 5.41) is 4.48. The molecular formula is C22H23FN2O3. The molecule has 0 radical (unpaired) electrons. The molecule has 0 aliphatic rings. The normalized spacial score (nSPS) is 10.9. The minimum absolute atomic E-state index is 0.222. The molecule has 0 spiro atoms. The zero-order valence-corrected chi connectivity index (χ0v) is 16.2. The van der Waals surface area contributed by atoms with Crippen LogP contribution in [0.1, 0.15) is 32.3 Å². The molecule has 0 aliphatic carbocycles. The first-order valence-electron chi connectivity index (χ1n) is 9.22. The summed E-state index contributed by atoms with van der Waals surface area (Å²) in [6, 6.07) is 15.9. The molecule has 6 heteroatoms. The van der Waals surface area contributed by atoms with Crippen molar-refractivity contribution in [2.75, 3.05) is 13.2 Å². The minimum Gasteiger partial charge on any atom is -0.465 e. The molecule has 3 rings (SSSR count). The highest BCUT2D eigenvalue weighted by molar-refractivity contribution is 5.71. The summed E-state index contributed by atoms with van der Waals surface area (Å²) in [4.78, 5) is 11.6. The Kier molecular flexibility index (Phi) is 6.09. The Balaban J connectivity index is 1.96. The van der Waals surface area contributed by atoms with E-state index in [1.807, 2.05) is 12.1 Å². The third-order valence-corrected chi connectivity index (χ3v) is 4.27. The Morgan fingerprint density at radius 3 is 2.39 bits per heavy atom. The lowest BCUT2D eigenvalue weighted by atomic mass is 10.0. The molecule has 0 N–H and O–H groups in total. The van der Waals surface area contributed by atoms with E-state index < -0.39 is 5.97 Å². The summed E-state index contributed by atoms with van der Waals surface area (Å²) in [6.45, 7) is 6.07. The van der Waals surface area contributed by atoms with Crippen LogP contribution in [-0.2, 0) is 9.53 Å². The van der Waals surface area contributed by atoms with Gasteiger partial charge in [-0.15, -0.1) is 5.10 Å². The largest absolute Gasteiger partial charge is 0.465 e. The fourth-order valence-electron chi connectivity index (χ4n) is 2.79. The van der Waals surface area contributed by atoms with Gasteiger partial charge in [0.15, 0.2) is 6.61 Å². The van der Waals surface area contributed by atoms with E-state index >= 15 is 0 Å². The first kappa shape index (κ1) is 19.6. The predicted octanol–water partition coefficient (Wildman–Crippen LogP) is 4.74. The van der Waals surface area contributed by atoms with Gasteiger partial charge < -0.3 is 9.47 Å². The van der Waals surface area contributed by atoms with Crippen LogP contribution >= 0.6 is 0 Å². The summed E-state index contributed by atoms with van der Waals surface area (Å²) < 4.78 is 25.4. The third kappa shape index (κ3) is 4.57. The van der Waals surface area contributed by atoms with Gasteiger partial charge >= 0.3 is 5.97 Å². The fraction of sp³-hybridized carbons (Fsp3) is 0.273. The summed E-state index contributed by atoms with van der Waals surface area (Å²) in [5.74, 6) is -0.0522. The van der Waals surface area contributed by atoms with Crippen molar-refractivity contribution in [2.24, 2.45) is 0 Å². The molecule has 5 nitrogen and oxygen atoms in total. The summed E-state index contributed by atoms with van der Waals surface area (Å²) in [5.41, 5.74) is 3.58. The lowest BCUT2D eigenvalue weighted by Gasteiger charge is -2.10. The number of halogens is 1. The zero-order chi connectivity index (χ0) is 20.1. The van der Waals surface area contributed by atoms with Crippen LogP contribution in [0, 0.1) is 5.82 Å². The van der Waals surface area contributed by atoms with Gasteiger partial charge in [-0.2, -0.15) is 0 Å². The van der Waals surface area contributed by atoms with E-state index in [0.717, 1.165) is 16.9 Å². The number of ether oxygens (including phenoxy) is 2. The van der Waals surface area contributed by atoms with E-state index in [4.69, 9.17) is 9.47 Å². The van der Waals surface area contributed by atoms with Crippen molar-refractivity contribution in [2.45, 2.75) is 26.7 Å². The molecule has 0 unspecified atom stereocenters. The van der Waals surface area contributed by atoms with Crippen LogP contribution < -0.4 is 4.74 Å². The van der Waals surface area contributed by atoms with Gasteiger partial charge in [-0.3, -0.25) is 0 Å². The number of carbonyl (C=O) groups excluding carboxylic acids is 1. The molecule has 2 aromatic carbocycles. The highest BCUT2D eigenvalue weighted by Gasteiger charge is 2.14. The van der Waals surface area contributed by atoms with Gasteiger partial charge in [-0.05, 0) is 54.8 Å². The summed E-state index contributed by atoms with van der Waals surface area (Å²) in [7, 11) is 0. The van der Waals surface area contributed by atoms with E-state index in [1.165, 1.54) is 17.7 Å². The van der Waals surface area contributed by atoms with Crippen molar-refractivity contribution in [1.82, 2.24) is 9.78 Å². The van der Waals surface area contributed by atoms with Crippen LogP contribution in [0.5, 0.6) is 5.88 Å². The molecule has 0 bridgehead atoms. The molecule has 0 fully saturated rings. The highest BCUT2D eigenvalue weighted by atomic mass is 19.1. The number of rotatable bonds is 7. The summed E-state index contributed by atoms with van der Waals surface area (Å²) in [6.07, 6.45) is 0. The van der Waals surface area contributed by atoms with E-state index in [-0.39, 0.29) is 12.4 Å². The Morgan fingerprint density at radius 1 is 1.11 bits per heavy atom. The molecule has 1 heterocycles. The van der Waals surface area contributed by atoms with Crippen LogP contribution in [0.4, 0.5) is 4.39 Å². The second-order valence-corrected chi connectivity index (χ2v) is 6.63. The standard InChI is InChI=1S/C22H23FN2O3/c1-4-27-22(26)14-28-21-13-20(17-5-9-18(23)10-6-17)25(24-21)19-11-7-16(8-12-19)15(2)3/h5-13,15H,4,14H2,1-3H3. The SMILES string of the molecule is CCOC(=O)COc1cc(-c2ccc(F)cc2)n(-c2ccc(C(C)C)cc2)n1. The Labute approximate surface area is 163 Å². The van der Waals surface area contributed by atoms with E-state index in [2.05, 4.69) is 31.1 Å². The number of esters is 1. The van der Waals surface area contributed by atoms with Gasteiger partial charge in [0.25, 0.3) is 0 Å². The molecule has 0 atom stereocenters. The van der Waals surface area contributed by atoms with Gasteiger partial charge in [-0.25, -0.2) is 13.9 Å². The van der Waals surface area contributed by atoms with Crippen LogP contribution in [-0.4, -0.2) is 29.0 Å². The number of benzene rings is 2. The van der Waals surface area contributed by atoms with Crippen molar-refractivity contribution in [3.8, 4) is 22.8 Å². The fourth-order valence-corrected chi connectivity index (χ4v) is 2.79. The Hall–Kier alpha value is -3.15. The second kappa shape index (κ2) is 8.69. The average molecular weight is 382 g/mol. The monoisotopic (exact) mass is 382 g/mol. The lowest BCUT2D eigenvalue weighted by molar-refractivity contribution is -0.145. The molecule has 146 valence electrons. The average Bonchev–Trinajstić information content (AvgIpc) is 3.11. The van der Waals surface area contributed by atoms with Gasteiger partial charge in [0.1, 0.15) is 5.82 Å². The number of hydrogen-bond donors (Lipinski definition) is 0. The molecule has 0 amide bonds. The van der Waals surface area contributed by atoms with Gasteiger partial charge in [-0.1, -0.05) is 26.0 Å². The maximum absolute atomic E-state index is 13.3. The minimum atomic E-state index is -0.457. The topological polar surface area (TPSA) is 53.4 Å². The van der Waals surface area contributed by atoms with Crippen LogP contribution in [0.25, 0.3) is 16.9 Å². The first-order valence-corrected chi connectivity index (χ1v) is 9.22. The molecule has 3 aromatic rings. The zero-order valence-electron chi connectivity index (χ0n) is 16.2. The Bertz CT molecular complexity index is 931. The Morgan fingerprint density at radius 2 is 1.79 bits per heavy atom. The van der Waals surface area contributed by atoms with Crippen LogP contribution in [0.2, 0.25) is 0 Å². The van der Waals surface area contributed by atoms with Crippen molar-refractivity contribution in [3.05, 3.63) is 66.0 Å². The maximum atomic E-state index is 13.3. The molecule has 0 saturated heterocycles. The molecule has 0 saturated carbocycles. The lowest BCUT2D eigenvalue weighted by Crippen LogP contribution is -2.14. The van der Waals surface area contributed by atoms with E-state index in [1.54, 1.807) is 29.8 Å². The smallest absolute Gasteiger partial charge is 0.344 e. The molecule has 28 heavy (non-hydrogen) atoms. The van der Waals surface area contributed by atoms with Crippen molar-refractivity contribution >= 4 is 5.97 Å². The number of hydrogen-bond acceptors (Lipinski definition) is 4. The maximum Gasteiger partial charge on any atom is 0.344 e. The van der Waals surface area contributed by atoms with Crippen molar-refractivity contribution < 1.29 is 18.7 Å². The third-order valence-electron chi connectivity index (χ3n) is 4.27. The number of aromatic nitrogens is 2. The second-order valence-electron chi connectivity index (χ2n) is 6.63. The quantitative estimate of drug-likeness (QED) is 0.554. The van der Waals surface area contributed by atoms with E-state index in [9.17, 15) is 9.18 Å². The highest BCUT2D eigenvalue weighted by Crippen LogP contribution is 2.28. The molecular weight excluding hydrogens is 359 g/mol. The van der Waals surface area contributed by atoms with Crippen LogP contribution in [0.3, 0.4) is 0 Å². The number of carbonyl (C=O) groups is 1. The first-order chi connectivity index (χ1) is 13.5. The summed E-state index contributed by atoms with van der Waals surface area (Å²) >= 11 is 0. The number of nitrogens with zero attached hydrogens (tertiary/aromatic N) is 2. The van der Waals surface area contributed by atoms with E-state index in [0.29, 0.717) is 18.4 Å². The van der Waals surface area contributed by atoms with Gasteiger partial charge in [0.05, 0.1) is 18.0 Å². The molecule has 0 aliphatic heterocycles. The van der Waals surface area contributed by atoms with Crippen LogP contribution in [0.15, 0.2) is 54.6 Å². The molecule has 1 aromatic heterocycles. The van der Waals surface area contributed by atoms with Crippen molar-refractivity contribution in [3.63, 3.8) is 0 Å².